The van der Waals surface area contributed by atoms with Crippen LogP contribution in [0.1, 0.15) is 12.5 Å². The van der Waals surface area contributed by atoms with Crippen LogP contribution >= 0.6 is 0 Å². The molecule has 2 aromatic rings. The SMILES string of the molecule is CC1(c2cnc3ccccc3c2)OC(N)=C(O[Si](C)(C)C)C1=O. The summed E-state index contributed by atoms with van der Waals surface area (Å²) in [5.74, 6) is -0.0672. The van der Waals surface area contributed by atoms with Crippen LogP contribution in [-0.4, -0.2) is 19.1 Å². The lowest BCUT2D eigenvalue weighted by atomic mass is 9.92. The highest BCUT2D eigenvalue weighted by Crippen LogP contribution is 2.38. The first-order valence-electron chi connectivity index (χ1n) is 7.48. The normalized spacial score (nSPS) is 21.7. The highest BCUT2D eigenvalue weighted by molar-refractivity contribution is 6.70. The van der Waals surface area contributed by atoms with Gasteiger partial charge in [-0.25, -0.2) is 0 Å². The van der Waals surface area contributed by atoms with Crippen molar-refractivity contribution >= 4 is 25.0 Å². The van der Waals surface area contributed by atoms with E-state index in [-0.39, 0.29) is 17.4 Å². The van der Waals surface area contributed by atoms with Gasteiger partial charge in [-0.1, -0.05) is 18.2 Å². The summed E-state index contributed by atoms with van der Waals surface area (Å²) in [5, 5.41) is 0.945. The molecule has 120 valence electrons. The molecule has 1 atom stereocenters. The second-order valence-corrected chi connectivity index (χ2v) is 11.2. The summed E-state index contributed by atoms with van der Waals surface area (Å²) in [5.41, 5.74) is 6.25. The number of hydrogen-bond donors (Lipinski definition) is 1. The molecule has 6 heteroatoms. The Morgan fingerprint density at radius 1 is 1.26 bits per heavy atom. The number of nitrogens with zero attached hydrogens (tertiary/aromatic N) is 1. The van der Waals surface area contributed by atoms with Gasteiger partial charge in [-0.2, -0.15) is 0 Å². The summed E-state index contributed by atoms with van der Waals surface area (Å²) < 4.78 is 11.5. The van der Waals surface area contributed by atoms with Gasteiger partial charge in [0.25, 0.3) is 0 Å². The molecule has 0 radical (unpaired) electrons. The van der Waals surface area contributed by atoms with Gasteiger partial charge < -0.3 is 14.9 Å². The van der Waals surface area contributed by atoms with Crippen LogP contribution in [0.15, 0.2) is 48.2 Å². The molecule has 0 saturated carbocycles. The van der Waals surface area contributed by atoms with E-state index in [0.717, 1.165) is 10.9 Å². The molecule has 0 bridgehead atoms. The van der Waals surface area contributed by atoms with E-state index < -0.39 is 13.9 Å². The number of nitrogens with two attached hydrogens (primary N) is 1. The van der Waals surface area contributed by atoms with Gasteiger partial charge in [0.05, 0.1) is 5.52 Å². The van der Waals surface area contributed by atoms with Crippen molar-refractivity contribution in [2.75, 3.05) is 0 Å². The van der Waals surface area contributed by atoms with Gasteiger partial charge in [-0.15, -0.1) is 0 Å². The van der Waals surface area contributed by atoms with Gasteiger partial charge in [-0.3, -0.25) is 9.78 Å². The van der Waals surface area contributed by atoms with Crippen molar-refractivity contribution in [3.05, 3.63) is 53.7 Å². The largest absolute Gasteiger partial charge is 0.538 e. The van der Waals surface area contributed by atoms with E-state index >= 15 is 0 Å². The standard InChI is InChI=1S/C17H20N2O3Si/c1-17(12-9-11-7-5-6-8-13(11)19-10-12)15(20)14(16(18)21-17)22-23(2,3)4/h5-10H,18H2,1-4H3. The number of aromatic nitrogens is 1. The fourth-order valence-corrected chi connectivity index (χ4v) is 3.37. The Balaban J connectivity index is 2.00. The maximum atomic E-state index is 12.9. The number of benzene rings is 1. The van der Waals surface area contributed by atoms with Gasteiger partial charge >= 0.3 is 0 Å². The molecule has 2 N–H and O–H groups in total. The van der Waals surface area contributed by atoms with Crippen LogP contribution in [-0.2, 0) is 19.6 Å². The molecule has 0 spiro atoms. The first-order valence-corrected chi connectivity index (χ1v) is 10.9. The highest BCUT2D eigenvalue weighted by atomic mass is 28.4. The summed E-state index contributed by atoms with van der Waals surface area (Å²) in [6.45, 7) is 7.68. The van der Waals surface area contributed by atoms with Crippen LogP contribution in [0.5, 0.6) is 0 Å². The number of carbonyl (C=O) groups is 1. The fraction of sp³-hybridized carbons (Fsp3) is 0.294. The van der Waals surface area contributed by atoms with Gasteiger partial charge in [0.1, 0.15) is 0 Å². The molecule has 1 aromatic carbocycles. The van der Waals surface area contributed by atoms with Gasteiger partial charge in [0, 0.05) is 17.1 Å². The van der Waals surface area contributed by atoms with Crippen molar-refractivity contribution in [2.24, 2.45) is 5.73 Å². The first kappa shape index (κ1) is 15.5. The first-order chi connectivity index (χ1) is 10.7. The second-order valence-electron chi connectivity index (χ2n) is 6.79. The molecular formula is C17H20N2O3Si. The molecule has 0 amide bonds. The fourth-order valence-electron chi connectivity index (χ4n) is 2.57. The molecule has 1 aliphatic rings. The minimum absolute atomic E-state index is 0.0492. The highest BCUT2D eigenvalue weighted by Gasteiger charge is 2.49. The van der Waals surface area contributed by atoms with Crippen LogP contribution < -0.4 is 5.73 Å². The molecule has 0 fully saturated rings. The third-order valence-corrected chi connectivity index (χ3v) is 4.54. The number of carbonyl (C=O) groups excluding carboxylic acids is 1. The van der Waals surface area contributed by atoms with Crippen LogP contribution in [0.25, 0.3) is 10.9 Å². The van der Waals surface area contributed by atoms with Crippen molar-refractivity contribution in [3.63, 3.8) is 0 Å². The summed E-state index contributed by atoms with van der Waals surface area (Å²) in [6, 6.07) is 9.63. The lowest BCUT2D eigenvalue weighted by Crippen LogP contribution is -2.34. The zero-order chi connectivity index (χ0) is 16.8. The van der Waals surface area contributed by atoms with Crippen molar-refractivity contribution in [2.45, 2.75) is 32.2 Å². The topological polar surface area (TPSA) is 74.4 Å². The number of Topliss-reactive ketones (excluding diaryl/α,β-unsaturated/α-hetero) is 1. The smallest absolute Gasteiger partial charge is 0.249 e. The molecule has 0 aliphatic carbocycles. The number of pyridine rings is 1. The van der Waals surface area contributed by atoms with Gasteiger partial charge in [0.2, 0.25) is 31.3 Å². The van der Waals surface area contributed by atoms with Gasteiger partial charge in [0.15, 0.2) is 0 Å². The van der Waals surface area contributed by atoms with E-state index in [9.17, 15) is 4.79 Å². The van der Waals surface area contributed by atoms with Crippen molar-refractivity contribution in [1.29, 1.82) is 0 Å². The van der Waals surface area contributed by atoms with Crippen LogP contribution in [0.3, 0.4) is 0 Å². The molecule has 1 aliphatic heterocycles. The number of rotatable bonds is 3. The molecule has 23 heavy (non-hydrogen) atoms. The molecule has 0 saturated heterocycles. The van der Waals surface area contributed by atoms with E-state index in [0.29, 0.717) is 5.56 Å². The summed E-state index contributed by atoms with van der Waals surface area (Å²) in [7, 11) is -1.97. The number of hydrogen-bond acceptors (Lipinski definition) is 5. The van der Waals surface area contributed by atoms with Crippen LogP contribution in [0.4, 0.5) is 0 Å². The summed E-state index contributed by atoms with van der Waals surface area (Å²) in [6.07, 6.45) is 1.66. The monoisotopic (exact) mass is 328 g/mol. The van der Waals surface area contributed by atoms with Gasteiger partial charge in [-0.05, 0) is 38.7 Å². The molecule has 5 nitrogen and oxygen atoms in total. The minimum Gasteiger partial charge on any atom is -0.538 e. The van der Waals surface area contributed by atoms with Crippen molar-refractivity contribution in [1.82, 2.24) is 4.98 Å². The molecule has 1 unspecified atom stereocenters. The molecule has 3 rings (SSSR count). The van der Waals surface area contributed by atoms with Crippen LogP contribution in [0, 0.1) is 0 Å². The summed E-state index contributed by atoms with van der Waals surface area (Å²) in [4.78, 5) is 17.3. The van der Waals surface area contributed by atoms with E-state index in [4.69, 9.17) is 14.9 Å². The Morgan fingerprint density at radius 2 is 1.96 bits per heavy atom. The Hall–Kier alpha value is -2.34. The predicted molar refractivity (Wildman–Crippen MR) is 90.8 cm³/mol. The number of ketones is 1. The van der Waals surface area contributed by atoms with Crippen LogP contribution in [0.2, 0.25) is 19.6 Å². The maximum Gasteiger partial charge on any atom is 0.249 e. The Labute approximate surface area is 136 Å². The second kappa shape index (κ2) is 5.09. The average Bonchev–Trinajstić information content (AvgIpc) is 2.70. The van der Waals surface area contributed by atoms with E-state index in [1.165, 1.54) is 0 Å². The maximum absolute atomic E-state index is 12.9. The molecule has 2 heterocycles. The van der Waals surface area contributed by atoms with E-state index in [2.05, 4.69) is 4.98 Å². The number of para-hydroxylation sites is 1. The van der Waals surface area contributed by atoms with E-state index in [1.54, 1.807) is 13.1 Å². The molecular weight excluding hydrogens is 308 g/mol. The van der Waals surface area contributed by atoms with Crippen molar-refractivity contribution < 1.29 is 14.0 Å². The Bertz CT molecular complexity index is 826. The third-order valence-electron chi connectivity index (χ3n) is 3.73. The number of fused-ring (bicyclic) bond motifs is 1. The summed E-state index contributed by atoms with van der Waals surface area (Å²) >= 11 is 0. The lowest BCUT2D eigenvalue weighted by Gasteiger charge is -2.24. The predicted octanol–water partition coefficient (Wildman–Crippen LogP) is 3.03. The third kappa shape index (κ3) is 2.70. The minimum atomic E-state index is -1.97. The van der Waals surface area contributed by atoms with E-state index in [1.807, 2.05) is 50.0 Å². The lowest BCUT2D eigenvalue weighted by molar-refractivity contribution is -0.131. The Morgan fingerprint density at radius 3 is 2.65 bits per heavy atom. The zero-order valence-corrected chi connectivity index (χ0v) is 14.7. The van der Waals surface area contributed by atoms with Crippen molar-refractivity contribution in [3.8, 4) is 0 Å². The average molecular weight is 328 g/mol. The zero-order valence-electron chi connectivity index (χ0n) is 13.7. The molecule has 1 aromatic heterocycles. The number of ether oxygens (including phenoxy) is 1. The quantitative estimate of drug-likeness (QED) is 0.877. The Kier molecular flexibility index (Phi) is 3.44.